The van der Waals surface area contributed by atoms with E-state index in [1.54, 1.807) is 11.6 Å². The number of nitrogens with one attached hydrogen (secondary N) is 1. The van der Waals surface area contributed by atoms with Gasteiger partial charge in [0.2, 0.25) is 0 Å². The molecule has 0 amide bonds. The van der Waals surface area contributed by atoms with E-state index in [1.165, 1.54) is 11.3 Å². The van der Waals surface area contributed by atoms with Crippen molar-refractivity contribution in [2.45, 2.75) is 6.92 Å². The molecule has 0 unspecified atom stereocenters. The lowest BCUT2D eigenvalue weighted by atomic mass is 10.3. The number of halogens is 1. The molecule has 0 bridgehead atoms. The average Bonchev–Trinajstić information content (AvgIpc) is 2.58. The molecule has 2 aromatic rings. The van der Waals surface area contributed by atoms with Gasteiger partial charge in [-0.15, -0.1) is 11.3 Å². The fourth-order valence-electron chi connectivity index (χ4n) is 1.23. The molecule has 0 aliphatic carbocycles. The number of thiazole rings is 1. The summed E-state index contributed by atoms with van der Waals surface area (Å²) in [6.07, 6.45) is 0. The van der Waals surface area contributed by atoms with Crippen molar-refractivity contribution in [1.82, 2.24) is 4.98 Å². The standard InChI is InChI=1S/C9H9FN2S/c1-2-11-6-3-4-7-9(8(6)10)12-5-13-7/h3-5,11H,2H2,1H3. The van der Waals surface area contributed by atoms with Gasteiger partial charge in [0.25, 0.3) is 0 Å². The molecule has 1 N–H and O–H groups in total. The maximum atomic E-state index is 13.6. The molecule has 68 valence electrons. The van der Waals surface area contributed by atoms with Crippen molar-refractivity contribution in [3.05, 3.63) is 23.5 Å². The van der Waals surface area contributed by atoms with E-state index in [0.717, 1.165) is 4.70 Å². The Morgan fingerprint density at radius 1 is 1.54 bits per heavy atom. The second-order valence-corrected chi connectivity index (χ2v) is 3.54. The molecule has 1 aromatic carbocycles. The molecular weight excluding hydrogens is 187 g/mol. The Balaban J connectivity index is 2.59. The number of rotatable bonds is 2. The largest absolute Gasteiger partial charge is 0.383 e. The normalized spacial score (nSPS) is 10.6. The van der Waals surface area contributed by atoms with Crippen LogP contribution in [0.2, 0.25) is 0 Å². The third-order valence-electron chi connectivity index (χ3n) is 1.81. The predicted octanol–water partition coefficient (Wildman–Crippen LogP) is 2.87. The van der Waals surface area contributed by atoms with Gasteiger partial charge in [-0.05, 0) is 19.1 Å². The minimum absolute atomic E-state index is 0.249. The molecular formula is C9H9FN2S. The zero-order chi connectivity index (χ0) is 9.26. The number of hydrogen-bond acceptors (Lipinski definition) is 3. The van der Waals surface area contributed by atoms with Crippen molar-refractivity contribution in [2.75, 3.05) is 11.9 Å². The molecule has 4 heteroatoms. The first-order valence-electron chi connectivity index (χ1n) is 4.08. The zero-order valence-electron chi connectivity index (χ0n) is 7.17. The molecule has 0 fully saturated rings. The summed E-state index contributed by atoms with van der Waals surface area (Å²) in [4.78, 5) is 3.96. The molecule has 0 atom stereocenters. The summed E-state index contributed by atoms with van der Waals surface area (Å²) in [5.74, 6) is -0.249. The third-order valence-corrected chi connectivity index (χ3v) is 2.60. The summed E-state index contributed by atoms with van der Waals surface area (Å²) in [5.41, 5.74) is 2.65. The third kappa shape index (κ3) is 1.37. The second kappa shape index (κ2) is 3.30. The first-order valence-corrected chi connectivity index (χ1v) is 4.96. The van der Waals surface area contributed by atoms with Gasteiger partial charge in [0.05, 0.1) is 15.9 Å². The highest BCUT2D eigenvalue weighted by Crippen LogP contribution is 2.25. The number of fused-ring (bicyclic) bond motifs is 1. The highest BCUT2D eigenvalue weighted by Gasteiger charge is 2.07. The van der Waals surface area contributed by atoms with Gasteiger partial charge < -0.3 is 5.32 Å². The monoisotopic (exact) mass is 196 g/mol. The molecule has 0 saturated carbocycles. The van der Waals surface area contributed by atoms with E-state index in [9.17, 15) is 4.39 Å². The highest BCUT2D eigenvalue weighted by atomic mass is 32.1. The van der Waals surface area contributed by atoms with E-state index in [-0.39, 0.29) is 5.82 Å². The average molecular weight is 196 g/mol. The number of benzene rings is 1. The van der Waals surface area contributed by atoms with Crippen LogP contribution in [-0.2, 0) is 0 Å². The summed E-state index contributed by atoms with van der Waals surface area (Å²) in [5, 5.41) is 2.95. The Kier molecular flexibility index (Phi) is 2.14. The smallest absolute Gasteiger partial charge is 0.173 e. The van der Waals surface area contributed by atoms with Crippen LogP contribution in [0.15, 0.2) is 17.6 Å². The van der Waals surface area contributed by atoms with E-state index in [4.69, 9.17) is 0 Å². The first kappa shape index (κ1) is 8.44. The lowest BCUT2D eigenvalue weighted by Gasteiger charge is -2.03. The van der Waals surface area contributed by atoms with Gasteiger partial charge in [0.1, 0.15) is 5.52 Å². The maximum Gasteiger partial charge on any atom is 0.173 e. The molecule has 2 nitrogen and oxygen atoms in total. The fourth-order valence-corrected chi connectivity index (χ4v) is 1.90. The molecule has 1 heterocycles. The number of aromatic nitrogens is 1. The van der Waals surface area contributed by atoms with Crippen LogP contribution in [-0.4, -0.2) is 11.5 Å². The topological polar surface area (TPSA) is 24.9 Å². The van der Waals surface area contributed by atoms with Crippen molar-refractivity contribution in [1.29, 1.82) is 0 Å². The Hall–Kier alpha value is -1.16. The van der Waals surface area contributed by atoms with Crippen molar-refractivity contribution in [3.8, 4) is 0 Å². The van der Waals surface area contributed by atoms with Crippen molar-refractivity contribution in [3.63, 3.8) is 0 Å². The summed E-state index contributed by atoms with van der Waals surface area (Å²) in [6, 6.07) is 3.63. The van der Waals surface area contributed by atoms with Crippen molar-refractivity contribution >= 4 is 27.2 Å². The predicted molar refractivity (Wildman–Crippen MR) is 53.7 cm³/mol. The molecule has 0 aliphatic heterocycles. The molecule has 0 radical (unpaired) electrons. The Labute approximate surface area is 79.4 Å². The first-order chi connectivity index (χ1) is 6.33. The minimum Gasteiger partial charge on any atom is -0.383 e. The van der Waals surface area contributed by atoms with Crippen LogP contribution in [0, 0.1) is 5.82 Å². The van der Waals surface area contributed by atoms with Crippen LogP contribution in [0.1, 0.15) is 6.92 Å². The van der Waals surface area contributed by atoms with Crippen LogP contribution in [0.4, 0.5) is 10.1 Å². The number of nitrogens with zero attached hydrogens (tertiary/aromatic N) is 1. The van der Waals surface area contributed by atoms with Gasteiger partial charge in [-0.1, -0.05) is 0 Å². The van der Waals surface area contributed by atoms with Crippen LogP contribution in [0.25, 0.3) is 10.2 Å². The molecule has 2 rings (SSSR count). The molecule has 1 aromatic heterocycles. The van der Waals surface area contributed by atoms with Gasteiger partial charge in [0, 0.05) is 6.54 Å². The van der Waals surface area contributed by atoms with Gasteiger partial charge in [0.15, 0.2) is 5.82 Å². The fraction of sp³-hybridized carbons (Fsp3) is 0.222. The Morgan fingerprint density at radius 2 is 2.38 bits per heavy atom. The number of hydrogen-bond donors (Lipinski definition) is 1. The van der Waals surface area contributed by atoms with Crippen LogP contribution >= 0.6 is 11.3 Å². The van der Waals surface area contributed by atoms with Crippen molar-refractivity contribution in [2.24, 2.45) is 0 Å². The van der Waals surface area contributed by atoms with E-state index in [1.807, 2.05) is 13.0 Å². The Bertz CT molecular complexity index is 424. The van der Waals surface area contributed by atoms with Gasteiger partial charge in [-0.25, -0.2) is 9.37 Å². The quantitative estimate of drug-likeness (QED) is 0.798. The zero-order valence-corrected chi connectivity index (χ0v) is 7.99. The summed E-state index contributed by atoms with van der Waals surface area (Å²) >= 11 is 1.45. The van der Waals surface area contributed by atoms with Crippen LogP contribution < -0.4 is 5.32 Å². The summed E-state index contributed by atoms with van der Waals surface area (Å²) < 4.78 is 14.5. The van der Waals surface area contributed by atoms with E-state index in [0.29, 0.717) is 17.7 Å². The van der Waals surface area contributed by atoms with E-state index >= 15 is 0 Å². The van der Waals surface area contributed by atoms with Gasteiger partial charge in [-0.2, -0.15) is 0 Å². The molecule has 13 heavy (non-hydrogen) atoms. The lowest BCUT2D eigenvalue weighted by Crippen LogP contribution is -1.99. The SMILES string of the molecule is CCNc1ccc2scnc2c1F. The van der Waals surface area contributed by atoms with E-state index < -0.39 is 0 Å². The molecule has 0 spiro atoms. The van der Waals surface area contributed by atoms with Gasteiger partial charge >= 0.3 is 0 Å². The van der Waals surface area contributed by atoms with Gasteiger partial charge in [-0.3, -0.25) is 0 Å². The lowest BCUT2D eigenvalue weighted by molar-refractivity contribution is 0.640. The maximum absolute atomic E-state index is 13.6. The van der Waals surface area contributed by atoms with E-state index in [2.05, 4.69) is 10.3 Å². The Morgan fingerprint density at radius 3 is 3.15 bits per heavy atom. The van der Waals surface area contributed by atoms with Crippen LogP contribution in [0.3, 0.4) is 0 Å². The summed E-state index contributed by atoms with van der Waals surface area (Å²) in [7, 11) is 0. The highest BCUT2D eigenvalue weighted by molar-refractivity contribution is 7.16. The minimum atomic E-state index is -0.249. The molecule has 0 aliphatic rings. The number of anilines is 1. The van der Waals surface area contributed by atoms with Crippen LogP contribution in [0.5, 0.6) is 0 Å². The van der Waals surface area contributed by atoms with Crippen molar-refractivity contribution < 1.29 is 4.39 Å². The molecule has 0 saturated heterocycles. The second-order valence-electron chi connectivity index (χ2n) is 2.66. The summed E-state index contributed by atoms with van der Waals surface area (Å²) in [6.45, 7) is 2.65.